The standard InChI is InChI=1S/C20H23N3O4/c1-27-16-6-3-14(4-7-16)19(24)22-18-8-5-15(13-17(18)20(25)26)23-11-2-9-21-10-12-23/h3-8,13,21H,2,9-12H2,1H3,(H,22,24)(H,25,26). The summed E-state index contributed by atoms with van der Waals surface area (Å²) in [6.45, 7) is 3.50. The summed E-state index contributed by atoms with van der Waals surface area (Å²) in [5.74, 6) is -0.796. The molecule has 2 aromatic rings. The van der Waals surface area contributed by atoms with Crippen molar-refractivity contribution in [3.8, 4) is 5.75 Å². The van der Waals surface area contributed by atoms with E-state index < -0.39 is 5.97 Å². The van der Waals surface area contributed by atoms with Crippen LogP contribution in [0.25, 0.3) is 0 Å². The first-order valence-electron chi connectivity index (χ1n) is 8.87. The summed E-state index contributed by atoms with van der Waals surface area (Å²) in [5, 5.41) is 15.6. The Morgan fingerprint density at radius 1 is 1.11 bits per heavy atom. The summed E-state index contributed by atoms with van der Waals surface area (Å²) in [4.78, 5) is 26.3. The van der Waals surface area contributed by atoms with Crippen molar-refractivity contribution in [2.45, 2.75) is 6.42 Å². The van der Waals surface area contributed by atoms with Gasteiger partial charge in [0.1, 0.15) is 5.75 Å². The van der Waals surface area contributed by atoms with E-state index in [0.29, 0.717) is 11.3 Å². The number of methoxy groups -OCH3 is 1. The SMILES string of the molecule is COc1ccc(C(=O)Nc2ccc(N3CCCNCC3)cc2C(=O)O)cc1. The molecule has 2 aromatic carbocycles. The van der Waals surface area contributed by atoms with Gasteiger partial charge in [-0.25, -0.2) is 4.79 Å². The molecule has 1 aliphatic heterocycles. The van der Waals surface area contributed by atoms with Gasteiger partial charge in [-0.1, -0.05) is 0 Å². The van der Waals surface area contributed by atoms with Crippen LogP contribution in [0.15, 0.2) is 42.5 Å². The smallest absolute Gasteiger partial charge is 0.337 e. The van der Waals surface area contributed by atoms with Gasteiger partial charge in [0, 0.05) is 30.9 Å². The number of amides is 1. The number of hydrogen-bond acceptors (Lipinski definition) is 5. The van der Waals surface area contributed by atoms with Crippen LogP contribution < -0.4 is 20.3 Å². The lowest BCUT2D eigenvalue weighted by atomic mass is 10.1. The van der Waals surface area contributed by atoms with Crippen molar-refractivity contribution in [3.63, 3.8) is 0 Å². The van der Waals surface area contributed by atoms with Crippen LogP contribution in [0.5, 0.6) is 5.75 Å². The van der Waals surface area contributed by atoms with Crippen molar-refractivity contribution in [1.29, 1.82) is 0 Å². The average Bonchev–Trinajstić information content (AvgIpc) is 2.97. The number of ether oxygens (including phenoxy) is 1. The van der Waals surface area contributed by atoms with E-state index in [0.717, 1.165) is 38.3 Å². The Labute approximate surface area is 157 Å². The van der Waals surface area contributed by atoms with Crippen LogP contribution in [0.2, 0.25) is 0 Å². The molecule has 0 unspecified atom stereocenters. The fraction of sp³-hybridized carbons (Fsp3) is 0.300. The molecule has 3 rings (SSSR count). The van der Waals surface area contributed by atoms with E-state index in [1.165, 1.54) is 0 Å². The third-order valence-electron chi connectivity index (χ3n) is 4.54. The highest BCUT2D eigenvalue weighted by Crippen LogP contribution is 2.25. The summed E-state index contributed by atoms with van der Waals surface area (Å²) < 4.78 is 5.08. The number of carboxylic acid groups (broad SMARTS) is 1. The highest BCUT2D eigenvalue weighted by molar-refractivity contribution is 6.08. The fourth-order valence-corrected chi connectivity index (χ4v) is 3.06. The molecule has 0 bridgehead atoms. The first-order valence-corrected chi connectivity index (χ1v) is 8.87. The molecule has 7 nitrogen and oxygen atoms in total. The van der Waals surface area contributed by atoms with Crippen LogP contribution in [-0.2, 0) is 0 Å². The van der Waals surface area contributed by atoms with E-state index in [-0.39, 0.29) is 17.2 Å². The van der Waals surface area contributed by atoms with Gasteiger partial charge in [0.05, 0.1) is 18.4 Å². The molecule has 1 fully saturated rings. The first kappa shape index (κ1) is 18.7. The molecule has 0 radical (unpaired) electrons. The van der Waals surface area contributed by atoms with Crippen molar-refractivity contribution in [1.82, 2.24) is 5.32 Å². The molecule has 0 aliphatic carbocycles. The highest BCUT2D eigenvalue weighted by atomic mass is 16.5. The van der Waals surface area contributed by atoms with Crippen molar-refractivity contribution in [3.05, 3.63) is 53.6 Å². The van der Waals surface area contributed by atoms with Gasteiger partial charge in [0.2, 0.25) is 0 Å². The van der Waals surface area contributed by atoms with Crippen molar-refractivity contribution in [2.24, 2.45) is 0 Å². The van der Waals surface area contributed by atoms with Crippen molar-refractivity contribution < 1.29 is 19.4 Å². The minimum Gasteiger partial charge on any atom is -0.497 e. The maximum absolute atomic E-state index is 12.5. The molecular weight excluding hydrogens is 346 g/mol. The number of rotatable bonds is 5. The summed E-state index contributed by atoms with van der Waals surface area (Å²) in [6.07, 6.45) is 0.998. The van der Waals surface area contributed by atoms with Gasteiger partial charge >= 0.3 is 5.97 Å². The van der Waals surface area contributed by atoms with Crippen LogP contribution in [-0.4, -0.2) is 50.3 Å². The van der Waals surface area contributed by atoms with Crippen LogP contribution >= 0.6 is 0 Å². The Kier molecular flexibility index (Phi) is 5.93. The Morgan fingerprint density at radius 3 is 2.59 bits per heavy atom. The zero-order chi connectivity index (χ0) is 19.2. The molecule has 0 spiro atoms. The second-order valence-electron chi connectivity index (χ2n) is 6.31. The number of nitrogens with one attached hydrogen (secondary N) is 2. The third kappa shape index (κ3) is 4.57. The number of carboxylic acids is 1. The second-order valence-corrected chi connectivity index (χ2v) is 6.31. The van der Waals surface area contributed by atoms with Gasteiger partial charge in [-0.15, -0.1) is 0 Å². The molecule has 27 heavy (non-hydrogen) atoms. The van der Waals surface area contributed by atoms with Crippen LogP contribution in [0.3, 0.4) is 0 Å². The third-order valence-corrected chi connectivity index (χ3v) is 4.54. The number of anilines is 2. The van der Waals surface area contributed by atoms with Gasteiger partial charge in [-0.2, -0.15) is 0 Å². The fourth-order valence-electron chi connectivity index (χ4n) is 3.06. The topological polar surface area (TPSA) is 90.9 Å². The average molecular weight is 369 g/mol. The van der Waals surface area contributed by atoms with Gasteiger partial charge in [-0.3, -0.25) is 4.79 Å². The van der Waals surface area contributed by atoms with E-state index in [1.54, 1.807) is 43.5 Å². The summed E-state index contributed by atoms with van der Waals surface area (Å²) in [6, 6.07) is 11.8. The number of nitrogens with zero attached hydrogens (tertiary/aromatic N) is 1. The first-order chi connectivity index (χ1) is 13.1. The van der Waals surface area contributed by atoms with Gasteiger partial charge in [0.25, 0.3) is 5.91 Å². The quantitative estimate of drug-likeness (QED) is 0.750. The van der Waals surface area contributed by atoms with E-state index >= 15 is 0 Å². The predicted molar refractivity (Wildman–Crippen MR) is 104 cm³/mol. The maximum atomic E-state index is 12.5. The summed E-state index contributed by atoms with van der Waals surface area (Å²) in [5.41, 5.74) is 1.62. The number of carbonyl (C=O) groups is 2. The molecule has 7 heteroatoms. The lowest BCUT2D eigenvalue weighted by Crippen LogP contribution is -2.28. The molecule has 142 valence electrons. The van der Waals surface area contributed by atoms with Crippen molar-refractivity contribution >= 4 is 23.3 Å². The molecule has 0 atom stereocenters. The Balaban J connectivity index is 1.81. The largest absolute Gasteiger partial charge is 0.497 e. The van der Waals surface area contributed by atoms with E-state index in [9.17, 15) is 14.7 Å². The maximum Gasteiger partial charge on any atom is 0.337 e. The number of hydrogen-bond donors (Lipinski definition) is 3. The van der Waals surface area contributed by atoms with E-state index in [1.807, 2.05) is 6.07 Å². The molecule has 3 N–H and O–H groups in total. The predicted octanol–water partition coefficient (Wildman–Crippen LogP) is 2.45. The molecule has 1 aliphatic rings. The number of benzene rings is 2. The van der Waals surface area contributed by atoms with Crippen LogP contribution in [0.1, 0.15) is 27.1 Å². The zero-order valence-electron chi connectivity index (χ0n) is 15.2. The monoisotopic (exact) mass is 369 g/mol. The van der Waals surface area contributed by atoms with Gasteiger partial charge in [0.15, 0.2) is 0 Å². The van der Waals surface area contributed by atoms with E-state index in [2.05, 4.69) is 15.5 Å². The molecule has 1 heterocycles. The molecule has 0 saturated carbocycles. The van der Waals surface area contributed by atoms with Crippen LogP contribution in [0.4, 0.5) is 11.4 Å². The highest BCUT2D eigenvalue weighted by Gasteiger charge is 2.17. The van der Waals surface area contributed by atoms with Crippen LogP contribution in [0, 0.1) is 0 Å². The van der Waals surface area contributed by atoms with E-state index in [4.69, 9.17) is 4.74 Å². The summed E-state index contributed by atoms with van der Waals surface area (Å²) >= 11 is 0. The Hall–Kier alpha value is -3.06. The lowest BCUT2D eigenvalue weighted by Gasteiger charge is -2.23. The normalized spacial score (nSPS) is 14.3. The zero-order valence-corrected chi connectivity index (χ0v) is 15.2. The summed E-state index contributed by atoms with van der Waals surface area (Å²) in [7, 11) is 1.55. The molecule has 1 amide bonds. The second kappa shape index (κ2) is 8.55. The number of carbonyl (C=O) groups excluding carboxylic acids is 1. The Morgan fingerprint density at radius 2 is 1.89 bits per heavy atom. The molecular formula is C20H23N3O4. The molecule has 1 saturated heterocycles. The minimum absolute atomic E-state index is 0.0755. The van der Waals surface area contributed by atoms with Gasteiger partial charge in [-0.05, 0) is 55.4 Å². The molecule has 0 aromatic heterocycles. The lowest BCUT2D eigenvalue weighted by molar-refractivity contribution is 0.0698. The minimum atomic E-state index is -1.07. The Bertz CT molecular complexity index is 812. The van der Waals surface area contributed by atoms with Gasteiger partial charge < -0.3 is 25.4 Å². The number of aromatic carboxylic acids is 1. The van der Waals surface area contributed by atoms with Crippen molar-refractivity contribution in [2.75, 3.05) is 43.5 Å².